The van der Waals surface area contributed by atoms with Crippen molar-refractivity contribution in [2.24, 2.45) is 0 Å². The first kappa shape index (κ1) is 14.3. The zero-order valence-electron chi connectivity index (χ0n) is 10.4. The number of unbranched alkanes of at least 4 members (excludes halogenated alkanes) is 2. The van der Waals surface area contributed by atoms with Crippen molar-refractivity contribution in [2.75, 3.05) is 13.2 Å². The Bertz CT molecular complexity index is 363. The Kier molecular flexibility index (Phi) is 7.32. The zero-order chi connectivity index (χ0) is 13.1. The summed E-state index contributed by atoms with van der Waals surface area (Å²) in [4.78, 5) is 11.3. The quantitative estimate of drug-likeness (QED) is 0.647. The molecule has 0 spiro atoms. The average Bonchev–Trinajstić information content (AvgIpc) is 2.40. The fourth-order valence-electron chi connectivity index (χ4n) is 1.44. The van der Waals surface area contributed by atoms with Crippen molar-refractivity contribution in [3.63, 3.8) is 0 Å². The first-order valence-corrected chi connectivity index (χ1v) is 6.20. The van der Waals surface area contributed by atoms with Crippen LogP contribution in [0.1, 0.15) is 24.8 Å². The summed E-state index contributed by atoms with van der Waals surface area (Å²) in [5.41, 5.74) is 1.04. The lowest BCUT2D eigenvalue weighted by Gasteiger charge is -2.03. The van der Waals surface area contributed by atoms with Gasteiger partial charge in [0.05, 0.1) is 0 Å². The largest absolute Gasteiger partial charge is 0.396 e. The molecule has 0 radical (unpaired) electrons. The molecule has 1 rings (SSSR count). The fraction of sp³-hybridized carbons (Fsp3) is 0.357. The third-order valence-corrected chi connectivity index (χ3v) is 2.41. The second-order valence-corrected chi connectivity index (χ2v) is 3.93. The van der Waals surface area contributed by atoms with E-state index in [0.29, 0.717) is 6.54 Å². The van der Waals surface area contributed by atoms with Gasteiger partial charge in [-0.25, -0.2) is 4.79 Å². The number of carbonyl (C=O) groups is 1. The van der Waals surface area contributed by atoms with Crippen molar-refractivity contribution < 1.29 is 9.90 Å². The van der Waals surface area contributed by atoms with Crippen molar-refractivity contribution >= 4 is 12.1 Å². The predicted molar refractivity (Wildman–Crippen MR) is 72.9 cm³/mol. The molecule has 4 heteroatoms. The van der Waals surface area contributed by atoms with E-state index in [1.165, 1.54) is 0 Å². The molecule has 0 aliphatic heterocycles. The Labute approximate surface area is 108 Å². The van der Waals surface area contributed by atoms with E-state index in [9.17, 15) is 4.79 Å². The molecule has 0 unspecified atom stereocenters. The van der Waals surface area contributed by atoms with Crippen LogP contribution >= 0.6 is 0 Å². The molecule has 0 aliphatic carbocycles. The highest BCUT2D eigenvalue weighted by molar-refractivity contribution is 5.75. The van der Waals surface area contributed by atoms with E-state index in [0.717, 1.165) is 24.8 Å². The van der Waals surface area contributed by atoms with Crippen LogP contribution in [0.4, 0.5) is 4.79 Å². The molecule has 2 amide bonds. The van der Waals surface area contributed by atoms with Crippen LogP contribution in [0.3, 0.4) is 0 Å². The van der Waals surface area contributed by atoms with E-state index in [-0.39, 0.29) is 12.6 Å². The molecule has 98 valence electrons. The van der Waals surface area contributed by atoms with Gasteiger partial charge in [0.15, 0.2) is 0 Å². The third-order valence-electron chi connectivity index (χ3n) is 2.41. The fourth-order valence-corrected chi connectivity index (χ4v) is 1.44. The van der Waals surface area contributed by atoms with Gasteiger partial charge in [0.2, 0.25) is 0 Å². The minimum absolute atomic E-state index is 0.203. The summed E-state index contributed by atoms with van der Waals surface area (Å²) in [6.07, 6.45) is 6.06. The minimum Gasteiger partial charge on any atom is -0.396 e. The molecule has 1 aromatic carbocycles. The molecule has 0 aromatic heterocycles. The number of benzene rings is 1. The summed E-state index contributed by atoms with van der Waals surface area (Å²) < 4.78 is 0. The Balaban J connectivity index is 2.11. The van der Waals surface area contributed by atoms with Crippen molar-refractivity contribution in [1.82, 2.24) is 10.6 Å². The smallest absolute Gasteiger partial charge is 0.318 e. The SMILES string of the molecule is O=C(N/C=C/c1ccccc1)NCCCCCO. The Morgan fingerprint density at radius 3 is 2.67 bits per heavy atom. The number of hydrogen-bond acceptors (Lipinski definition) is 2. The van der Waals surface area contributed by atoms with Crippen LogP contribution in [0, 0.1) is 0 Å². The van der Waals surface area contributed by atoms with Gasteiger partial charge in [0, 0.05) is 19.4 Å². The molecule has 0 bridgehead atoms. The number of aliphatic hydroxyl groups excluding tert-OH is 1. The van der Waals surface area contributed by atoms with Crippen LogP contribution in [0.5, 0.6) is 0 Å². The number of nitrogens with one attached hydrogen (secondary N) is 2. The first-order chi connectivity index (χ1) is 8.83. The van der Waals surface area contributed by atoms with Gasteiger partial charge in [0.1, 0.15) is 0 Å². The lowest BCUT2D eigenvalue weighted by Crippen LogP contribution is -2.32. The molecule has 0 saturated heterocycles. The van der Waals surface area contributed by atoms with E-state index >= 15 is 0 Å². The van der Waals surface area contributed by atoms with Crippen LogP contribution in [0.15, 0.2) is 36.5 Å². The molecule has 1 aromatic rings. The molecule has 3 N–H and O–H groups in total. The highest BCUT2D eigenvalue weighted by atomic mass is 16.2. The standard InChI is InChI=1S/C14H20N2O2/c17-12-6-2-5-10-15-14(18)16-11-9-13-7-3-1-4-8-13/h1,3-4,7-9,11,17H,2,5-6,10,12H2,(H2,15,16,18)/b11-9+. The third kappa shape index (κ3) is 6.70. The van der Waals surface area contributed by atoms with Crippen LogP contribution < -0.4 is 10.6 Å². The molecular formula is C14H20N2O2. The summed E-state index contributed by atoms with van der Waals surface area (Å²) in [5.74, 6) is 0. The van der Waals surface area contributed by atoms with Crippen LogP contribution in [-0.2, 0) is 0 Å². The number of hydrogen-bond donors (Lipinski definition) is 3. The zero-order valence-corrected chi connectivity index (χ0v) is 10.4. The van der Waals surface area contributed by atoms with Gasteiger partial charge in [-0.15, -0.1) is 0 Å². The lowest BCUT2D eigenvalue weighted by atomic mass is 10.2. The molecular weight excluding hydrogens is 228 g/mol. The van der Waals surface area contributed by atoms with Crippen molar-refractivity contribution in [1.29, 1.82) is 0 Å². The summed E-state index contributed by atoms with van der Waals surface area (Å²) in [5, 5.41) is 14.0. The van der Waals surface area contributed by atoms with E-state index in [1.54, 1.807) is 6.20 Å². The maximum Gasteiger partial charge on any atom is 0.318 e. The van der Waals surface area contributed by atoms with Crippen LogP contribution in [0.25, 0.3) is 6.08 Å². The second kappa shape index (κ2) is 9.24. The van der Waals surface area contributed by atoms with Crippen molar-refractivity contribution in [2.45, 2.75) is 19.3 Å². The molecule has 0 atom stereocenters. The van der Waals surface area contributed by atoms with Gasteiger partial charge in [-0.1, -0.05) is 30.3 Å². The Morgan fingerprint density at radius 1 is 1.17 bits per heavy atom. The number of carbonyl (C=O) groups excluding carboxylic acids is 1. The highest BCUT2D eigenvalue weighted by Crippen LogP contribution is 1.99. The van der Waals surface area contributed by atoms with E-state index in [4.69, 9.17) is 5.11 Å². The maximum atomic E-state index is 11.3. The number of rotatable bonds is 7. The summed E-state index contributed by atoms with van der Waals surface area (Å²) >= 11 is 0. The minimum atomic E-state index is -0.203. The van der Waals surface area contributed by atoms with E-state index in [2.05, 4.69) is 10.6 Å². The van der Waals surface area contributed by atoms with Gasteiger partial charge in [-0.05, 0) is 30.9 Å². The second-order valence-electron chi connectivity index (χ2n) is 3.93. The lowest BCUT2D eigenvalue weighted by molar-refractivity contribution is 0.243. The molecule has 0 saturated carbocycles. The molecule has 0 heterocycles. The van der Waals surface area contributed by atoms with Crippen molar-refractivity contribution in [3.8, 4) is 0 Å². The number of urea groups is 1. The number of aliphatic hydroxyl groups is 1. The predicted octanol–water partition coefficient (Wildman–Crippen LogP) is 2.12. The van der Waals surface area contributed by atoms with Crippen LogP contribution in [0.2, 0.25) is 0 Å². The highest BCUT2D eigenvalue weighted by Gasteiger charge is 1.95. The summed E-state index contributed by atoms with van der Waals surface area (Å²) in [7, 11) is 0. The van der Waals surface area contributed by atoms with Gasteiger partial charge in [0.25, 0.3) is 0 Å². The van der Waals surface area contributed by atoms with Gasteiger partial charge in [-0.3, -0.25) is 0 Å². The molecule has 18 heavy (non-hydrogen) atoms. The number of amides is 2. The average molecular weight is 248 g/mol. The Hall–Kier alpha value is -1.81. The summed E-state index contributed by atoms with van der Waals surface area (Å²) in [6.45, 7) is 0.844. The molecule has 0 aliphatic rings. The topological polar surface area (TPSA) is 61.4 Å². The maximum absolute atomic E-state index is 11.3. The van der Waals surface area contributed by atoms with Crippen molar-refractivity contribution in [3.05, 3.63) is 42.1 Å². The first-order valence-electron chi connectivity index (χ1n) is 6.20. The van der Waals surface area contributed by atoms with Gasteiger partial charge in [-0.2, -0.15) is 0 Å². The molecule has 4 nitrogen and oxygen atoms in total. The Morgan fingerprint density at radius 2 is 1.94 bits per heavy atom. The normalized spacial score (nSPS) is 10.5. The van der Waals surface area contributed by atoms with Crippen LogP contribution in [-0.4, -0.2) is 24.3 Å². The molecule has 0 fully saturated rings. The van der Waals surface area contributed by atoms with E-state index < -0.39 is 0 Å². The van der Waals surface area contributed by atoms with Gasteiger partial charge >= 0.3 is 6.03 Å². The monoisotopic (exact) mass is 248 g/mol. The summed E-state index contributed by atoms with van der Waals surface area (Å²) in [6, 6.07) is 9.56. The van der Waals surface area contributed by atoms with E-state index in [1.807, 2.05) is 36.4 Å². The van der Waals surface area contributed by atoms with Gasteiger partial charge < -0.3 is 15.7 Å².